The Labute approximate surface area is 325 Å². The van der Waals surface area contributed by atoms with Gasteiger partial charge in [0.1, 0.15) is 11.6 Å². The predicted molar refractivity (Wildman–Crippen MR) is 196 cm³/mol. The molecule has 1 saturated carbocycles. The Hall–Kier alpha value is -4.60. The van der Waals surface area contributed by atoms with Crippen LogP contribution in [0.3, 0.4) is 0 Å². The Bertz CT molecular complexity index is 1910. The van der Waals surface area contributed by atoms with Crippen molar-refractivity contribution in [3.8, 4) is 6.07 Å². The lowest BCUT2D eigenvalue weighted by molar-refractivity contribution is -0.138. The number of ether oxygens (including phenoxy) is 1. The highest BCUT2D eigenvalue weighted by Gasteiger charge is 2.53. The molecule has 4 aliphatic rings. The van der Waals surface area contributed by atoms with E-state index in [1.807, 2.05) is 0 Å². The van der Waals surface area contributed by atoms with Gasteiger partial charge in [0.25, 0.3) is 11.8 Å². The Kier molecular flexibility index (Phi) is 11.8. The van der Waals surface area contributed by atoms with Crippen molar-refractivity contribution in [3.05, 3.63) is 53.3 Å². The number of nitrogens with one attached hydrogen (secondary N) is 2. The quantitative estimate of drug-likeness (QED) is 0.179. The second kappa shape index (κ2) is 16.1. The second-order valence-electron chi connectivity index (χ2n) is 15.3. The number of carbonyl (C=O) groups is 4. The second-order valence-corrected chi connectivity index (χ2v) is 15.6. The first kappa shape index (κ1) is 41.0. The van der Waals surface area contributed by atoms with Gasteiger partial charge in [-0.2, -0.15) is 18.4 Å². The van der Waals surface area contributed by atoms with Crippen molar-refractivity contribution in [2.24, 2.45) is 5.92 Å². The summed E-state index contributed by atoms with van der Waals surface area (Å²) < 4.78 is 77.5. The zero-order valence-electron chi connectivity index (χ0n) is 30.8. The van der Waals surface area contributed by atoms with E-state index < -0.39 is 59.1 Å². The molecule has 0 radical (unpaired) electrons. The molecular weight excluding hydrogens is 762 g/mol. The van der Waals surface area contributed by atoms with Gasteiger partial charge in [0.15, 0.2) is 10.8 Å². The SMILES string of the molecule is CC1(C)C(=O)N(c2cnc(C#N)c(C(F)(F)F)c2)C(=S)N1C1CCC(OCCC2CCN(CC(=O)Nc3ccc(C4CCC(=O)NC4=O)cc3)CC2(F)F)CC1. The van der Waals surface area contributed by atoms with Crippen LogP contribution in [0.25, 0.3) is 0 Å². The van der Waals surface area contributed by atoms with E-state index in [9.17, 15) is 32.3 Å². The minimum absolute atomic E-state index is 0.0377. The minimum Gasteiger partial charge on any atom is -0.378 e. The van der Waals surface area contributed by atoms with E-state index >= 15 is 8.78 Å². The number of hydrogen-bond donors (Lipinski definition) is 2. The van der Waals surface area contributed by atoms with Gasteiger partial charge in [0.05, 0.1) is 42.6 Å². The number of hydrogen-bond acceptors (Lipinski definition) is 9. The maximum Gasteiger partial charge on any atom is 0.419 e. The van der Waals surface area contributed by atoms with E-state index in [2.05, 4.69) is 15.6 Å². The Balaban J connectivity index is 0.944. The van der Waals surface area contributed by atoms with Gasteiger partial charge in [-0.1, -0.05) is 12.1 Å². The van der Waals surface area contributed by atoms with E-state index in [0.717, 1.165) is 11.1 Å². The summed E-state index contributed by atoms with van der Waals surface area (Å²) in [6, 6.07) is 8.58. The number of rotatable bonds is 10. The number of nitrogens with zero attached hydrogens (tertiary/aromatic N) is 5. The standard InChI is InChI=1S/C38H42F5N7O5S/c1-36(2)34(54)49(26-17-29(38(41,42)43)30(18-44)45-19-26)35(56)50(36)25-7-9-27(10-8-25)55-16-14-23-13-15-48(21-37(23,39)40)20-32(52)46-24-5-3-22(4-6-24)28-11-12-31(51)47-33(28)53/h3-6,17,19,23,25,27-28H,7-16,20-21H2,1-2H3,(H,46,52)(H,47,51,53). The number of nitriles is 1. The number of imide groups is 1. The molecule has 2 atom stereocenters. The van der Waals surface area contributed by atoms with Crippen molar-refractivity contribution in [1.29, 1.82) is 5.26 Å². The van der Waals surface area contributed by atoms with Crippen molar-refractivity contribution >= 4 is 52.3 Å². The molecule has 300 valence electrons. The fourth-order valence-corrected chi connectivity index (χ4v) is 8.70. The summed E-state index contributed by atoms with van der Waals surface area (Å²) in [5.41, 5.74) is -2.25. The third kappa shape index (κ3) is 8.69. The van der Waals surface area contributed by atoms with Crippen LogP contribution in [0, 0.1) is 17.2 Å². The maximum absolute atomic E-state index is 15.3. The molecule has 1 aromatic carbocycles. The average molecular weight is 804 g/mol. The molecule has 56 heavy (non-hydrogen) atoms. The molecule has 2 aromatic rings. The van der Waals surface area contributed by atoms with Crippen LogP contribution >= 0.6 is 12.2 Å². The van der Waals surface area contributed by atoms with Gasteiger partial charge >= 0.3 is 6.18 Å². The van der Waals surface area contributed by atoms with Gasteiger partial charge in [-0.25, -0.2) is 13.8 Å². The molecule has 0 spiro atoms. The molecule has 4 heterocycles. The minimum atomic E-state index is -4.86. The molecule has 2 unspecified atom stereocenters. The molecule has 1 aromatic heterocycles. The van der Waals surface area contributed by atoms with E-state index in [4.69, 9.17) is 22.2 Å². The topological polar surface area (TPSA) is 148 Å². The van der Waals surface area contributed by atoms with E-state index in [-0.39, 0.29) is 67.2 Å². The van der Waals surface area contributed by atoms with Crippen LogP contribution in [0.2, 0.25) is 0 Å². The average Bonchev–Trinajstić information content (AvgIpc) is 3.31. The zero-order valence-corrected chi connectivity index (χ0v) is 31.7. The Morgan fingerprint density at radius 2 is 1.79 bits per heavy atom. The normalized spacial score (nSPS) is 25.5. The van der Waals surface area contributed by atoms with E-state index in [1.54, 1.807) is 43.0 Å². The van der Waals surface area contributed by atoms with Gasteiger partial charge in [0, 0.05) is 30.7 Å². The molecule has 3 aliphatic heterocycles. The van der Waals surface area contributed by atoms with Gasteiger partial charge in [0.2, 0.25) is 17.7 Å². The summed E-state index contributed by atoms with van der Waals surface area (Å²) in [5, 5.41) is 14.2. The number of halogens is 5. The number of pyridine rings is 1. The molecular formula is C38H42F5N7O5S. The molecule has 0 bridgehead atoms. The van der Waals surface area contributed by atoms with Crippen LogP contribution in [-0.4, -0.2) is 93.4 Å². The number of anilines is 2. The van der Waals surface area contributed by atoms with Crippen LogP contribution in [0.4, 0.5) is 33.3 Å². The summed E-state index contributed by atoms with van der Waals surface area (Å²) in [7, 11) is 0. The van der Waals surface area contributed by atoms with Crippen molar-refractivity contribution in [2.75, 3.05) is 36.5 Å². The highest BCUT2D eigenvalue weighted by Crippen LogP contribution is 2.41. The number of aromatic nitrogens is 1. The summed E-state index contributed by atoms with van der Waals surface area (Å²) in [6.45, 7) is 2.95. The first-order valence-electron chi connectivity index (χ1n) is 18.5. The molecule has 6 rings (SSSR count). The number of thiocarbonyl (C=S) groups is 1. The smallest absolute Gasteiger partial charge is 0.378 e. The number of likely N-dealkylation sites (tertiary alicyclic amines) is 1. The number of amides is 4. The van der Waals surface area contributed by atoms with Crippen molar-refractivity contribution < 1.29 is 45.9 Å². The summed E-state index contributed by atoms with van der Waals surface area (Å²) in [4.78, 5) is 57.7. The third-order valence-corrected chi connectivity index (χ3v) is 11.5. The molecule has 12 nitrogen and oxygen atoms in total. The van der Waals surface area contributed by atoms with E-state index in [0.29, 0.717) is 56.0 Å². The van der Waals surface area contributed by atoms with Crippen molar-refractivity contribution in [1.82, 2.24) is 20.1 Å². The molecule has 2 N–H and O–H groups in total. The third-order valence-electron chi connectivity index (χ3n) is 11.1. The van der Waals surface area contributed by atoms with Crippen LogP contribution in [-0.2, 0) is 30.1 Å². The number of benzene rings is 1. The van der Waals surface area contributed by atoms with Gasteiger partial charge in [-0.15, -0.1) is 0 Å². The van der Waals surface area contributed by atoms with Crippen LogP contribution in [0.15, 0.2) is 36.5 Å². The van der Waals surface area contributed by atoms with Crippen LogP contribution in [0.1, 0.15) is 88.0 Å². The lowest BCUT2D eigenvalue weighted by Crippen LogP contribution is -2.51. The lowest BCUT2D eigenvalue weighted by Gasteiger charge is -2.41. The maximum atomic E-state index is 15.3. The number of piperidine rings is 2. The van der Waals surface area contributed by atoms with Crippen LogP contribution in [0.5, 0.6) is 0 Å². The molecule has 4 fully saturated rings. The molecule has 1 aliphatic carbocycles. The Morgan fingerprint density at radius 1 is 1.09 bits per heavy atom. The fraction of sp³-hybridized carbons (Fsp3) is 0.553. The molecule has 3 saturated heterocycles. The van der Waals surface area contributed by atoms with Gasteiger partial charge in [-0.3, -0.25) is 34.3 Å². The summed E-state index contributed by atoms with van der Waals surface area (Å²) in [5.74, 6) is -6.05. The Morgan fingerprint density at radius 3 is 2.41 bits per heavy atom. The summed E-state index contributed by atoms with van der Waals surface area (Å²) in [6.07, 6.45) is -0.844. The molecule has 4 amide bonds. The fourth-order valence-electron chi connectivity index (χ4n) is 8.14. The largest absolute Gasteiger partial charge is 0.419 e. The van der Waals surface area contributed by atoms with E-state index in [1.165, 1.54) is 11.0 Å². The van der Waals surface area contributed by atoms with Gasteiger partial charge in [-0.05, 0) is 101 Å². The van der Waals surface area contributed by atoms with Crippen LogP contribution < -0.4 is 15.5 Å². The van der Waals surface area contributed by atoms with Crippen molar-refractivity contribution in [3.63, 3.8) is 0 Å². The predicted octanol–water partition coefficient (Wildman–Crippen LogP) is 5.52. The number of alkyl halides is 5. The lowest BCUT2D eigenvalue weighted by atomic mass is 9.88. The van der Waals surface area contributed by atoms with Crippen molar-refractivity contribution in [2.45, 2.75) is 101 Å². The molecule has 18 heteroatoms. The highest BCUT2D eigenvalue weighted by atomic mass is 32.1. The zero-order chi connectivity index (χ0) is 40.6. The monoisotopic (exact) mass is 803 g/mol. The first-order valence-corrected chi connectivity index (χ1v) is 18.9. The summed E-state index contributed by atoms with van der Waals surface area (Å²) >= 11 is 5.64. The number of carbonyl (C=O) groups excluding carboxylic acids is 4. The first-order chi connectivity index (χ1) is 26.4. The highest BCUT2D eigenvalue weighted by molar-refractivity contribution is 7.80. The van der Waals surface area contributed by atoms with Gasteiger partial charge < -0.3 is 15.0 Å².